The van der Waals surface area contributed by atoms with Crippen LogP contribution in [0.4, 0.5) is 0 Å². The van der Waals surface area contributed by atoms with Crippen molar-refractivity contribution in [2.75, 3.05) is 6.54 Å². The molecule has 0 atom stereocenters. The average Bonchev–Trinajstić information content (AvgIpc) is 2.55. The van der Waals surface area contributed by atoms with Crippen LogP contribution in [0.3, 0.4) is 0 Å². The fourth-order valence-corrected chi connectivity index (χ4v) is 1.25. The number of amides is 2. The third kappa shape index (κ3) is 3.20. The summed E-state index contributed by atoms with van der Waals surface area (Å²) in [5.41, 5.74) is 6.84. The van der Waals surface area contributed by atoms with Gasteiger partial charge >= 0.3 is 0 Å². The highest BCUT2D eigenvalue weighted by molar-refractivity contribution is 7.07. The lowest BCUT2D eigenvalue weighted by Crippen LogP contribution is -2.27. The standard InChI is InChI=1S/C7H9N3O2S/c8-6(11)1-2-9-7(12)5-3-13-4-10-5/h3-4H,1-2H2,(H2,8,11)(H,9,12). The molecule has 0 saturated heterocycles. The molecular weight excluding hydrogens is 190 g/mol. The summed E-state index contributed by atoms with van der Waals surface area (Å²) < 4.78 is 0. The molecule has 0 fully saturated rings. The van der Waals surface area contributed by atoms with E-state index in [1.807, 2.05) is 0 Å². The quantitative estimate of drug-likeness (QED) is 0.701. The number of hydrogen-bond acceptors (Lipinski definition) is 4. The van der Waals surface area contributed by atoms with Gasteiger partial charge in [0.1, 0.15) is 5.69 Å². The van der Waals surface area contributed by atoms with E-state index in [-0.39, 0.29) is 18.9 Å². The van der Waals surface area contributed by atoms with Crippen molar-refractivity contribution in [1.29, 1.82) is 0 Å². The lowest BCUT2D eigenvalue weighted by molar-refractivity contribution is -0.117. The van der Waals surface area contributed by atoms with E-state index < -0.39 is 5.91 Å². The molecule has 1 aromatic heterocycles. The van der Waals surface area contributed by atoms with E-state index in [4.69, 9.17) is 5.73 Å². The van der Waals surface area contributed by atoms with Crippen LogP contribution < -0.4 is 11.1 Å². The molecule has 0 aliphatic rings. The molecule has 0 saturated carbocycles. The second-order valence-corrected chi connectivity index (χ2v) is 3.06. The summed E-state index contributed by atoms with van der Waals surface area (Å²) in [6.45, 7) is 0.256. The van der Waals surface area contributed by atoms with Crippen molar-refractivity contribution in [2.45, 2.75) is 6.42 Å². The molecule has 0 aromatic carbocycles. The second kappa shape index (κ2) is 4.56. The lowest BCUT2D eigenvalue weighted by Gasteiger charge is -1.99. The van der Waals surface area contributed by atoms with E-state index in [0.29, 0.717) is 5.69 Å². The van der Waals surface area contributed by atoms with Gasteiger partial charge in [0.2, 0.25) is 5.91 Å². The number of rotatable bonds is 4. The van der Waals surface area contributed by atoms with E-state index in [2.05, 4.69) is 10.3 Å². The highest BCUT2D eigenvalue weighted by Gasteiger charge is 2.06. The number of nitrogens with one attached hydrogen (secondary N) is 1. The average molecular weight is 199 g/mol. The van der Waals surface area contributed by atoms with Crippen molar-refractivity contribution >= 4 is 23.2 Å². The van der Waals surface area contributed by atoms with Gasteiger partial charge in [0.25, 0.3) is 5.91 Å². The molecule has 1 aromatic rings. The van der Waals surface area contributed by atoms with Gasteiger partial charge in [-0.05, 0) is 0 Å². The SMILES string of the molecule is NC(=O)CCNC(=O)c1cscn1. The maximum atomic E-state index is 11.2. The molecule has 0 aliphatic heterocycles. The molecule has 70 valence electrons. The first-order valence-corrected chi connectivity index (χ1v) is 4.59. The maximum Gasteiger partial charge on any atom is 0.270 e. The zero-order chi connectivity index (χ0) is 9.68. The fraction of sp³-hybridized carbons (Fsp3) is 0.286. The molecule has 0 bridgehead atoms. The van der Waals surface area contributed by atoms with Gasteiger partial charge in [-0.15, -0.1) is 11.3 Å². The number of nitrogens with zero attached hydrogens (tertiary/aromatic N) is 1. The van der Waals surface area contributed by atoms with E-state index >= 15 is 0 Å². The Kier molecular flexibility index (Phi) is 3.39. The summed E-state index contributed by atoms with van der Waals surface area (Å²) in [6.07, 6.45) is 0.149. The minimum absolute atomic E-state index is 0.149. The second-order valence-electron chi connectivity index (χ2n) is 2.35. The van der Waals surface area contributed by atoms with Gasteiger partial charge in [-0.1, -0.05) is 0 Å². The Bertz CT molecular complexity index is 297. The maximum absolute atomic E-state index is 11.2. The Balaban J connectivity index is 2.31. The van der Waals surface area contributed by atoms with Crippen molar-refractivity contribution in [2.24, 2.45) is 5.73 Å². The van der Waals surface area contributed by atoms with E-state index in [1.54, 1.807) is 10.9 Å². The Morgan fingerprint density at radius 2 is 2.38 bits per heavy atom. The molecule has 3 N–H and O–H groups in total. The highest BCUT2D eigenvalue weighted by Crippen LogP contribution is 1.99. The summed E-state index contributed by atoms with van der Waals surface area (Å²) in [5, 5.41) is 4.16. The Labute approximate surface area is 79.0 Å². The van der Waals surface area contributed by atoms with Crippen LogP contribution in [-0.4, -0.2) is 23.3 Å². The Morgan fingerprint density at radius 1 is 1.62 bits per heavy atom. The van der Waals surface area contributed by atoms with Crippen LogP contribution in [0.1, 0.15) is 16.9 Å². The molecule has 0 unspecified atom stereocenters. The summed E-state index contributed by atoms with van der Waals surface area (Å²) in [7, 11) is 0. The van der Waals surface area contributed by atoms with Gasteiger partial charge < -0.3 is 11.1 Å². The smallest absolute Gasteiger partial charge is 0.270 e. The Morgan fingerprint density at radius 3 is 2.92 bits per heavy atom. The first kappa shape index (κ1) is 9.66. The molecule has 0 aliphatic carbocycles. The Hall–Kier alpha value is -1.43. The van der Waals surface area contributed by atoms with Crippen LogP contribution in [0.25, 0.3) is 0 Å². The number of thiazole rings is 1. The van der Waals surface area contributed by atoms with Crippen LogP contribution in [0.15, 0.2) is 10.9 Å². The third-order valence-electron chi connectivity index (χ3n) is 1.32. The predicted molar refractivity (Wildman–Crippen MR) is 48.3 cm³/mol. The van der Waals surface area contributed by atoms with Crippen LogP contribution in [0.2, 0.25) is 0 Å². The van der Waals surface area contributed by atoms with Gasteiger partial charge in [-0.25, -0.2) is 4.98 Å². The topological polar surface area (TPSA) is 85.1 Å². The summed E-state index contributed by atoms with van der Waals surface area (Å²) in [6, 6.07) is 0. The molecule has 13 heavy (non-hydrogen) atoms. The van der Waals surface area contributed by atoms with Gasteiger partial charge in [0.15, 0.2) is 0 Å². The highest BCUT2D eigenvalue weighted by atomic mass is 32.1. The zero-order valence-corrected chi connectivity index (χ0v) is 7.63. The molecular formula is C7H9N3O2S. The molecule has 5 nitrogen and oxygen atoms in total. The van der Waals surface area contributed by atoms with Crippen LogP contribution in [0, 0.1) is 0 Å². The van der Waals surface area contributed by atoms with Crippen molar-refractivity contribution in [3.05, 3.63) is 16.6 Å². The lowest BCUT2D eigenvalue weighted by atomic mass is 10.4. The van der Waals surface area contributed by atoms with Crippen molar-refractivity contribution in [3.8, 4) is 0 Å². The molecule has 0 spiro atoms. The summed E-state index contributed by atoms with van der Waals surface area (Å²) in [5.74, 6) is -0.707. The number of carbonyl (C=O) groups excluding carboxylic acids is 2. The third-order valence-corrected chi connectivity index (χ3v) is 1.91. The van der Waals surface area contributed by atoms with Crippen LogP contribution in [-0.2, 0) is 4.79 Å². The fourth-order valence-electron chi connectivity index (χ4n) is 0.714. The number of primary amides is 1. The van der Waals surface area contributed by atoms with E-state index in [9.17, 15) is 9.59 Å². The zero-order valence-electron chi connectivity index (χ0n) is 6.82. The predicted octanol–water partition coefficient (Wildman–Crippen LogP) is -0.252. The van der Waals surface area contributed by atoms with Gasteiger partial charge in [0, 0.05) is 18.3 Å². The normalized spacial score (nSPS) is 9.54. The van der Waals surface area contributed by atoms with Crippen molar-refractivity contribution < 1.29 is 9.59 Å². The van der Waals surface area contributed by atoms with E-state index in [1.165, 1.54) is 11.3 Å². The number of carbonyl (C=O) groups is 2. The van der Waals surface area contributed by atoms with Gasteiger partial charge in [-0.3, -0.25) is 9.59 Å². The molecule has 1 heterocycles. The van der Waals surface area contributed by atoms with Crippen LogP contribution in [0.5, 0.6) is 0 Å². The molecule has 2 amide bonds. The monoisotopic (exact) mass is 199 g/mol. The van der Waals surface area contributed by atoms with Crippen LogP contribution >= 0.6 is 11.3 Å². The summed E-state index contributed by atoms with van der Waals surface area (Å²) >= 11 is 1.34. The number of hydrogen-bond donors (Lipinski definition) is 2. The van der Waals surface area contributed by atoms with Gasteiger partial charge in [0.05, 0.1) is 5.51 Å². The molecule has 1 rings (SSSR count). The van der Waals surface area contributed by atoms with E-state index in [0.717, 1.165) is 0 Å². The van der Waals surface area contributed by atoms with Crippen molar-refractivity contribution in [1.82, 2.24) is 10.3 Å². The van der Waals surface area contributed by atoms with Crippen molar-refractivity contribution in [3.63, 3.8) is 0 Å². The molecule has 0 radical (unpaired) electrons. The summed E-state index contributed by atoms with van der Waals surface area (Å²) in [4.78, 5) is 25.3. The minimum atomic E-state index is -0.432. The minimum Gasteiger partial charge on any atom is -0.370 e. The largest absolute Gasteiger partial charge is 0.370 e. The number of nitrogens with two attached hydrogens (primary N) is 1. The molecule has 6 heteroatoms. The van der Waals surface area contributed by atoms with Gasteiger partial charge in [-0.2, -0.15) is 0 Å². The first-order valence-electron chi connectivity index (χ1n) is 3.65. The first-order chi connectivity index (χ1) is 6.20. The number of aromatic nitrogens is 1.